The van der Waals surface area contributed by atoms with Gasteiger partial charge in [-0.3, -0.25) is 13.9 Å². The number of benzene rings is 2. The molecule has 0 aliphatic heterocycles. The normalized spacial score (nSPS) is 15.1. The summed E-state index contributed by atoms with van der Waals surface area (Å²) in [5.74, 6) is -1.02. The Morgan fingerprint density at radius 2 is 1.68 bits per heavy atom. The summed E-state index contributed by atoms with van der Waals surface area (Å²) in [7, 11) is -3.58. The summed E-state index contributed by atoms with van der Waals surface area (Å²) in [6, 6.07) is 11.1. The summed E-state index contributed by atoms with van der Waals surface area (Å²) >= 11 is 0. The average molecular weight is 546 g/mol. The molecule has 0 aromatic heterocycles. The molecule has 2 amide bonds. The average Bonchev–Trinajstić information content (AvgIpc) is 2.84. The van der Waals surface area contributed by atoms with Crippen molar-refractivity contribution in [3.8, 4) is 0 Å². The molecule has 1 atom stereocenters. The molecule has 9 heteroatoms. The SMILES string of the molecule is Cc1cc(C)cc(N(CCCC(=O)N(Cc2ccccc2F)C(C)C(=O)NC2CCCCC2)S(C)(=O)=O)c1. The summed E-state index contributed by atoms with van der Waals surface area (Å²) in [5.41, 5.74) is 2.77. The third kappa shape index (κ3) is 8.28. The molecule has 1 N–H and O–H groups in total. The first-order valence-corrected chi connectivity index (χ1v) is 15.2. The van der Waals surface area contributed by atoms with Gasteiger partial charge in [0.05, 0.1) is 11.9 Å². The highest BCUT2D eigenvalue weighted by molar-refractivity contribution is 7.92. The Kier molecular flexibility index (Phi) is 10.3. The Bertz CT molecular complexity index is 1210. The van der Waals surface area contributed by atoms with E-state index in [1.807, 2.05) is 19.9 Å². The number of sulfonamides is 1. The molecule has 0 spiro atoms. The number of hydrogen-bond donors (Lipinski definition) is 1. The molecule has 2 aromatic rings. The van der Waals surface area contributed by atoms with Gasteiger partial charge in [-0.2, -0.15) is 0 Å². The third-order valence-corrected chi connectivity index (χ3v) is 8.26. The molecule has 1 aliphatic rings. The second-order valence-corrected chi connectivity index (χ2v) is 12.3. The highest BCUT2D eigenvalue weighted by Crippen LogP contribution is 2.23. The van der Waals surface area contributed by atoms with Crippen molar-refractivity contribution in [1.82, 2.24) is 10.2 Å². The first-order chi connectivity index (χ1) is 18.0. The molecule has 208 valence electrons. The Morgan fingerprint density at radius 3 is 2.29 bits per heavy atom. The van der Waals surface area contributed by atoms with Crippen molar-refractivity contribution >= 4 is 27.5 Å². The van der Waals surface area contributed by atoms with E-state index in [0.29, 0.717) is 11.3 Å². The Morgan fingerprint density at radius 1 is 1.05 bits per heavy atom. The molecule has 0 bridgehead atoms. The van der Waals surface area contributed by atoms with E-state index in [1.54, 1.807) is 37.3 Å². The maximum Gasteiger partial charge on any atom is 0.242 e. The van der Waals surface area contributed by atoms with Crippen LogP contribution in [-0.2, 0) is 26.2 Å². The maximum atomic E-state index is 14.5. The van der Waals surface area contributed by atoms with Crippen molar-refractivity contribution in [1.29, 1.82) is 0 Å². The minimum absolute atomic E-state index is 0.0202. The van der Waals surface area contributed by atoms with Crippen LogP contribution in [0.25, 0.3) is 0 Å². The van der Waals surface area contributed by atoms with Crippen molar-refractivity contribution in [2.24, 2.45) is 0 Å². The summed E-state index contributed by atoms with van der Waals surface area (Å²) in [4.78, 5) is 27.9. The number of rotatable bonds is 11. The molecular formula is C29H40FN3O4S. The molecule has 0 saturated heterocycles. The molecule has 1 fully saturated rings. The van der Waals surface area contributed by atoms with Crippen LogP contribution in [0, 0.1) is 19.7 Å². The van der Waals surface area contributed by atoms with E-state index in [1.165, 1.54) is 15.3 Å². The molecule has 0 radical (unpaired) electrons. The molecule has 7 nitrogen and oxygen atoms in total. The van der Waals surface area contributed by atoms with E-state index >= 15 is 0 Å². The molecule has 1 aliphatic carbocycles. The third-order valence-electron chi connectivity index (χ3n) is 7.06. The van der Waals surface area contributed by atoms with Crippen LogP contribution < -0.4 is 9.62 Å². The van der Waals surface area contributed by atoms with Crippen LogP contribution in [0.4, 0.5) is 10.1 Å². The van der Waals surface area contributed by atoms with Crippen molar-refractivity contribution in [3.05, 3.63) is 65.0 Å². The Hall–Kier alpha value is -2.94. The van der Waals surface area contributed by atoms with Gasteiger partial charge in [0.2, 0.25) is 21.8 Å². The zero-order chi connectivity index (χ0) is 27.9. The van der Waals surface area contributed by atoms with Gasteiger partial charge < -0.3 is 10.2 Å². The first kappa shape index (κ1) is 29.6. The van der Waals surface area contributed by atoms with Crippen LogP contribution >= 0.6 is 0 Å². The molecule has 0 heterocycles. The van der Waals surface area contributed by atoms with Crippen molar-refractivity contribution in [2.45, 2.75) is 84.3 Å². The Balaban J connectivity index is 1.74. The van der Waals surface area contributed by atoms with Crippen molar-refractivity contribution in [3.63, 3.8) is 0 Å². The molecular weight excluding hydrogens is 505 g/mol. The van der Waals surface area contributed by atoms with Gasteiger partial charge >= 0.3 is 0 Å². The second-order valence-electron chi connectivity index (χ2n) is 10.4. The van der Waals surface area contributed by atoms with Crippen LogP contribution in [0.5, 0.6) is 0 Å². The van der Waals surface area contributed by atoms with Crippen LogP contribution in [-0.4, -0.2) is 50.0 Å². The number of carbonyl (C=O) groups excluding carboxylic acids is 2. The second kappa shape index (κ2) is 13.2. The van der Waals surface area contributed by atoms with Gasteiger partial charge in [0.15, 0.2) is 0 Å². The Labute approximate surface area is 226 Å². The fourth-order valence-corrected chi connectivity index (χ4v) is 6.01. The van der Waals surface area contributed by atoms with Gasteiger partial charge in [0, 0.05) is 31.1 Å². The zero-order valence-corrected chi connectivity index (χ0v) is 23.7. The van der Waals surface area contributed by atoms with Gasteiger partial charge in [-0.15, -0.1) is 0 Å². The quantitative estimate of drug-likeness (QED) is 0.437. The minimum Gasteiger partial charge on any atom is -0.352 e. The molecule has 38 heavy (non-hydrogen) atoms. The molecule has 3 rings (SSSR count). The standard InChI is InChI=1S/C29H40FN3O4S/c1-21-17-22(2)19-26(18-21)33(38(4,36)37)16-10-15-28(34)32(20-24-11-8-9-14-27(24)30)23(3)29(35)31-25-12-6-5-7-13-25/h8-9,11,14,17-19,23,25H,5-7,10,12-13,15-16,20H2,1-4H3,(H,31,35). The lowest BCUT2D eigenvalue weighted by Crippen LogP contribution is -2.50. The summed E-state index contributed by atoms with van der Waals surface area (Å²) in [6.07, 6.45) is 6.54. The van der Waals surface area contributed by atoms with Gasteiger partial charge in [-0.05, 0) is 69.4 Å². The monoisotopic (exact) mass is 545 g/mol. The highest BCUT2D eigenvalue weighted by Gasteiger charge is 2.29. The van der Waals surface area contributed by atoms with E-state index in [9.17, 15) is 22.4 Å². The topological polar surface area (TPSA) is 86.8 Å². The number of carbonyl (C=O) groups is 2. The molecule has 1 unspecified atom stereocenters. The predicted octanol–water partition coefficient (Wildman–Crippen LogP) is 4.85. The van der Waals surface area contributed by atoms with Gasteiger partial charge in [-0.25, -0.2) is 12.8 Å². The lowest BCUT2D eigenvalue weighted by Gasteiger charge is -2.31. The summed E-state index contributed by atoms with van der Waals surface area (Å²) < 4.78 is 40.9. The van der Waals surface area contributed by atoms with Crippen LogP contribution in [0.15, 0.2) is 42.5 Å². The lowest BCUT2D eigenvalue weighted by atomic mass is 9.95. The molecule has 1 saturated carbocycles. The fourth-order valence-electron chi connectivity index (χ4n) is 5.06. The predicted molar refractivity (Wildman–Crippen MR) is 149 cm³/mol. The number of hydrogen-bond acceptors (Lipinski definition) is 4. The van der Waals surface area contributed by atoms with Crippen LogP contribution in [0.3, 0.4) is 0 Å². The number of halogens is 1. The van der Waals surface area contributed by atoms with Crippen molar-refractivity contribution in [2.75, 3.05) is 17.1 Å². The van der Waals surface area contributed by atoms with E-state index < -0.39 is 21.9 Å². The maximum absolute atomic E-state index is 14.5. The van der Waals surface area contributed by atoms with E-state index in [4.69, 9.17) is 0 Å². The smallest absolute Gasteiger partial charge is 0.242 e. The number of nitrogens with one attached hydrogen (secondary N) is 1. The lowest BCUT2D eigenvalue weighted by molar-refractivity contribution is -0.141. The first-order valence-electron chi connectivity index (χ1n) is 13.3. The summed E-state index contributed by atoms with van der Waals surface area (Å²) in [6.45, 7) is 5.54. The highest BCUT2D eigenvalue weighted by atomic mass is 32.2. The number of anilines is 1. The van der Waals surface area contributed by atoms with Crippen LogP contribution in [0.2, 0.25) is 0 Å². The van der Waals surface area contributed by atoms with E-state index in [0.717, 1.165) is 49.5 Å². The number of aryl methyl sites for hydroxylation is 2. The number of nitrogens with zero attached hydrogens (tertiary/aromatic N) is 2. The van der Waals surface area contributed by atoms with Gasteiger partial charge in [-0.1, -0.05) is 43.5 Å². The largest absolute Gasteiger partial charge is 0.352 e. The fraction of sp³-hybridized carbons (Fsp3) is 0.517. The zero-order valence-electron chi connectivity index (χ0n) is 22.9. The van der Waals surface area contributed by atoms with E-state index in [-0.39, 0.29) is 43.8 Å². The number of amides is 2. The van der Waals surface area contributed by atoms with Crippen molar-refractivity contribution < 1.29 is 22.4 Å². The van der Waals surface area contributed by atoms with E-state index in [2.05, 4.69) is 5.32 Å². The minimum atomic E-state index is -3.58. The van der Waals surface area contributed by atoms with Gasteiger partial charge in [0.25, 0.3) is 0 Å². The van der Waals surface area contributed by atoms with Crippen LogP contribution in [0.1, 0.15) is 68.6 Å². The molecule has 2 aromatic carbocycles. The summed E-state index contributed by atoms with van der Waals surface area (Å²) in [5, 5.41) is 3.07. The van der Waals surface area contributed by atoms with Gasteiger partial charge in [0.1, 0.15) is 11.9 Å².